The standard InChI is InChI=1S/C21H24N2O2/c1-16(18-10-6-3-7-11-18)23-19-12-13-22(15-20(19)25-21(23)24)14-17-8-4-2-5-9-17/h2-11,16,19-20H,12-15H2,1H3/t16?,19-,20-/m0/s1. The van der Waals surface area contributed by atoms with Crippen LogP contribution >= 0.6 is 0 Å². The molecule has 0 saturated carbocycles. The Kier molecular flexibility index (Phi) is 4.45. The first-order chi connectivity index (χ1) is 12.2. The number of carbonyl (C=O) groups excluding carboxylic acids is 1. The fraction of sp³-hybridized carbons (Fsp3) is 0.381. The summed E-state index contributed by atoms with van der Waals surface area (Å²) < 4.78 is 5.73. The highest BCUT2D eigenvalue weighted by Gasteiger charge is 2.46. The number of amides is 1. The minimum absolute atomic E-state index is 0.0314. The Labute approximate surface area is 149 Å². The number of piperidine rings is 1. The van der Waals surface area contributed by atoms with Gasteiger partial charge in [-0.1, -0.05) is 60.7 Å². The average molecular weight is 336 g/mol. The molecule has 4 rings (SSSR count). The Bertz CT molecular complexity index is 719. The summed E-state index contributed by atoms with van der Waals surface area (Å²) in [5, 5.41) is 0. The van der Waals surface area contributed by atoms with Gasteiger partial charge in [0.25, 0.3) is 0 Å². The number of fused-ring (bicyclic) bond motifs is 1. The highest BCUT2D eigenvalue weighted by Crippen LogP contribution is 2.34. The highest BCUT2D eigenvalue weighted by atomic mass is 16.6. The maximum Gasteiger partial charge on any atom is 0.411 e. The first-order valence-electron chi connectivity index (χ1n) is 9.02. The molecule has 25 heavy (non-hydrogen) atoms. The van der Waals surface area contributed by atoms with E-state index in [4.69, 9.17) is 4.74 Å². The number of rotatable bonds is 4. The van der Waals surface area contributed by atoms with E-state index in [2.05, 4.69) is 48.2 Å². The monoisotopic (exact) mass is 336 g/mol. The van der Waals surface area contributed by atoms with Gasteiger partial charge in [0.05, 0.1) is 12.1 Å². The molecule has 4 nitrogen and oxygen atoms in total. The molecular formula is C21H24N2O2. The van der Waals surface area contributed by atoms with Gasteiger partial charge in [-0.15, -0.1) is 0 Å². The summed E-state index contributed by atoms with van der Waals surface area (Å²) in [4.78, 5) is 16.8. The molecule has 0 aliphatic carbocycles. The Morgan fingerprint density at radius 2 is 1.76 bits per heavy atom. The summed E-state index contributed by atoms with van der Waals surface area (Å²) in [7, 11) is 0. The van der Waals surface area contributed by atoms with Crippen LogP contribution in [0.25, 0.3) is 0 Å². The molecule has 0 spiro atoms. The molecule has 2 aliphatic rings. The lowest BCUT2D eigenvalue weighted by Crippen LogP contribution is -2.49. The van der Waals surface area contributed by atoms with E-state index >= 15 is 0 Å². The number of hydrogen-bond acceptors (Lipinski definition) is 3. The summed E-state index contributed by atoms with van der Waals surface area (Å²) in [5.41, 5.74) is 2.46. The van der Waals surface area contributed by atoms with E-state index in [0.29, 0.717) is 0 Å². The van der Waals surface area contributed by atoms with E-state index in [0.717, 1.165) is 31.6 Å². The van der Waals surface area contributed by atoms with E-state index in [9.17, 15) is 4.79 Å². The molecule has 3 atom stereocenters. The van der Waals surface area contributed by atoms with Gasteiger partial charge in [0.2, 0.25) is 0 Å². The molecule has 0 N–H and O–H groups in total. The van der Waals surface area contributed by atoms with Crippen molar-refractivity contribution in [1.29, 1.82) is 0 Å². The molecule has 2 aromatic carbocycles. The minimum Gasteiger partial charge on any atom is -0.443 e. The fourth-order valence-electron chi connectivity index (χ4n) is 4.05. The van der Waals surface area contributed by atoms with Gasteiger partial charge in [-0.3, -0.25) is 9.80 Å². The number of ether oxygens (including phenoxy) is 1. The summed E-state index contributed by atoms with van der Waals surface area (Å²) in [5.74, 6) is 0. The molecule has 4 heteroatoms. The topological polar surface area (TPSA) is 32.8 Å². The van der Waals surface area contributed by atoms with Gasteiger partial charge in [-0.05, 0) is 24.5 Å². The third kappa shape index (κ3) is 3.27. The van der Waals surface area contributed by atoms with Crippen molar-refractivity contribution >= 4 is 6.09 Å². The normalized spacial score (nSPS) is 24.7. The third-order valence-electron chi connectivity index (χ3n) is 5.38. The van der Waals surface area contributed by atoms with Gasteiger partial charge in [-0.25, -0.2) is 4.79 Å². The van der Waals surface area contributed by atoms with Crippen LogP contribution in [0, 0.1) is 0 Å². The van der Waals surface area contributed by atoms with Crippen molar-refractivity contribution in [2.75, 3.05) is 13.1 Å². The zero-order valence-electron chi connectivity index (χ0n) is 14.5. The zero-order valence-corrected chi connectivity index (χ0v) is 14.5. The summed E-state index contributed by atoms with van der Waals surface area (Å²) in [6.07, 6.45) is 0.754. The van der Waals surface area contributed by atoms with Crippen LogP contribution in [0.2, 0.25) is 0 Å². The molecular weight excluding hydrogens is 312 g/mol. The van der Waals surface area contributed by atoms with E-state index in [1.54, 1.807) is 0 Å². The van der Waals surface area contributed by atoms with Crippen molar-refractivity contribution in [1.82, 2.24) is 9.80 Å². The quantitative estimate of drug-likeness (QED) is 0.850. The van der Waals surface area contributed by atoms with Gasteiger partial charge in [0.1, 0.15) is 6.10 Å². The maximum absolute atomic E-state index is 12.5. The van der Waals surface area contributed by atoms with Gasteiger partial charge in [0, 0.05) is 19.6 Å². The minimum atomic E-state index is -0.173. The van der Waals surface area contributed by atoms with Crippen molar-refractivity contribution in [2.24, 2.45) is 0 Å². The Morgan fingerprint density at radius 3 is 2.48 bits per heavy atom. The predicted octanol–water partition coefficient (Wildman–Crippen LogP) is 3.84. The highest BCUT2D eigenvalue weighted by molar-refractivity contribution is 5.71. The van der Waals surface area contributed by atoms with Crippen LogP contribution in [0.15, 0.2) is 60.7 Å². The van der Waals surface area contributed by atoms with E-state index in [-0.39, 0.29) is 24.3 Å². The molecule has 2 aromatic rings. The lowest BCUT2D eigenvalue weighted by Gasteiger charge is -2.37. The number of benzene rings is 2. The number of likely N-dealkylation sites (tertiary alicyclic amines) is 1. The van der Waals surface area contributed by atoms with Gasteiger partial charge in [-0.2, -0.15) is 0 Å². The fourth-order valence-corrected chi connectivity index (χ4v) is 4.05. The van der Waals surface area contributed by atoms with Gasteiger partial charge in [0.15, 0.2) is 0 Å². The van der Waals surface area contributed by atoms with Gasteiger partial charge >= 0.3 is 6.09 Å². The molecule has 130 valence electrons. The van der Waals surface area contributed by atoms with Crippen LogP contribution in [0.1, 0.15) is 30.5 Å². The second-order valence-corrected chi connectivity index (χ2v) is 6.99. The van der Waals surface area contributed by atoms with Crippen LogP contribution in [0.4, 0.5) is 4.79 Å². The smallest absolute Gasteiger partial charge is 0.411 e. The van der Waals surface area contributed by atoms with Gasteiger partial charge < -0.3 is 4.74 Å². The maximum atomic E-state index is 12.5. The Balaban J connectivity index is 1.45. The van der Waals surface area contributed by atoms with Crippen molar-refractivity contribution in [3.63, 3.8) is 0 Å². The summed E-state index contributed by atoms with van der Waals surface area (Å²) in [6.45, 7) is 4.80. The molecule has 2 saturated heterocycles. The molecule has 0 bridgehead atoms. The Hall–Kier alpha value is -2.33. The van der Waals surface area contributed by atoms with Crippen molar-refractivity contribution in [3.8, 4) is 0 Å². The number of hydrogen-bond donors (Lipinski definition) is 0. The number of carbonyl (C=O) groups is 1. The van der Waals surface area contributed by atoms with Crippen molar-refractivity contribution < 1.29 is 9.53 Å². The van der Waals surface area contributed by atoms with E-state index < -0.39 is 0 Å². The van der Waals surface area contributed by atoms with Crippen LogP contribution in [0.5, 0.6) is 0 Å². The molecule has 2 heterocycles. The Morgan fingerprint density at radius 1 is 1.08 bits per heavy atom. The average Bonchev–Trinajstić information content (AvgIpc) is 2.97. The number of nitrogens with zero attached hydrogens (tertiary/aromatic N) is 2. The molecule has 0 radical (unpaired) electrons. The van der Waals surface area contributed by atoms with Crippen LogP contribution in [0.3, 0.4) is 0 Å². The molecule has 1 unspecified atom stereocenters. The molecule has 2 fully saturated rings. The van der Waals surface area contributed by atoms with Crippen LogP contribution in [-0.4, -0.2) is 41.1 Å². The van der Waals surface area contributed by atoms with E-state index in [1.165, 1.54) is 5.56 Å². The van der Waals surface area contributed by atoms with Crippen LogP contribution in [-0.2, 0) is 11.3 Å². The third-order valence-corrected chi connectivity index (χ3v) is 5.38. The summed E-state index contributed by atoms with van der Waals surface area (Å²) in [6, 6.07) is 20.9. The molecule has 2 aliphatic heterocycles. The molecule has 0 aromatic heterocycles. The first-order valence-corrected chi connectivity index (χ1v) is 9.02. The lowest BCUT2D eigenvalue weighted by atomic mass is 9.97. The second-order valence-electron chi connectivity index (χ2n) is 6.99. The molecule has 1 amide bonds. The van der Waals surface area contributed by atoms with Crippen molar-refractivity contribution in [2.45, 2.75) is 38.1 Å². The second kappa shape index (κ2) is 6.89. The first kappa shape index (κ1) is 16.2. The largest absolute Gasteiger partial charge is 0.443 e. The van der Waals surface area contributed by atoms with E-state index in [1.807, 2.05) is 29.2 Å². The SMILES string of the molecule is CC(c1ccccc1)N1C(=O)O[C@H]2CN(Cc3ccccc3)CC[C@@H]21. The lowest BCUT2D eigenvalue weighted by molar-refractivity contribution is 0.0602. The zero-order chi connectivity index (χ0) is 17.2. The predicted molar refractivity (Wildman–Crippen MR) is 97.1 cm³/mol. The summed E-state index contributed by atoms with van der Waals surface area (Å²) >= 11 is 0. The van der Waals surface area contributed by atoms with Crippen molar-refractivity contribution in [3.05, 3.63) is 71.8 Å². The van der Waals surface area contributed by atoms with Crippen LogP contribution < -0.4 is 0 Å².